The van der Waals surface area contributed by atoms with Crippen LogP contribution in [0.2, 0.25) is 0 Å². The van der Waals surface area contributed by atoms with E-state index >= 15 is 0 Å². The van der Waals surface area contributed by atoms with E-state index in [1.54, 1.807) is 0 Å². The Balaban J connectivity index is 2.16. The van der Waals surface area contributed by atoms with E-state index < -0.39 is 0 Å². The quantitative estimate of drug-likeness (QED) is 0.802. The number of rotatable bonds is 1. The van der Waals surface area contributed by atoms with Gasteiger partial charge in [0.15, 0.2) is 10.2 Å². The molecule has 0 spiro atoms. The summed E-state index contributed by atoms with van der Waals surface area (Å²) in [5.41, 5.74) is 7.40. The Hall–Kier alpha value is -1.51. The zero-order valence-electron chi connectivity index (χ0n) is 9.19. The predicted octanol–water partition coefficient (Wildman–Crippen LogP) is 2.51. The summed E-state index contributed by atoms with van der Waals surface area (Å²) in [5, 5.41) is 0.652. The monoisotopic (exact) mass is 262 g/mol. The highest BCUT2D eigenvalue weighted by molar-refractivity contribution is 8.13. The van der Waals surface area contributed by atoms with Crippen molar-refractivity contribution >= 4 is 43.6 Å². The molecule has 86 valence electrons. The number of nitrogens with zero attached hydrogens (tertiary/aromatic N) is 1. The van der Waals surface area contributed by atoms with Crippen LogP contribution in [0.3, 0.4) is 0 Å². The number of hydrogen-bond donors (Lipinski definition) is 1. The average molecular weight is 262 g/mol. The molecule has 0 radical (unpaired) electrons. The maximum absolute atomic E-state index is 10.7. The number of fused-ring (bicyclic) bond motifs is 1. The topological polar surface area (TPSA) is 56.0 Å². The van der Waals surface area contributed by atoms with Crippen LogP contribution in [0.5, 0.6) is 0 Å². The van der Waals surface area contributed by atoms with Gasteiger partial charge in [0.1, 0.15) is 0 Å². The van der Waals surface area contributed by atoms with E-state index in [-0.39, 0.29) is 5.12 Å². The largest absolute Gasteiger partial charge is 0.375 e. The van der Waals surface area contributed by atoms with Crippen molar-refractivity contribution in [1.82, 2.24) is 4.98 Å². The summed E-state index contributed by atoms with van der Waals surface area (Å²) < 4.78 is 1.06. The van der Waals surface area contributed by atoms with Crippen molar-refractivity contribution in [3.8, 4) is 11.8 Å². The van der Waals surface area contributed by atoms with E-state index in [9.17, 15) is 4.79 Å². The average Bonchev–Trinajstić information content (AvgIpc) is 2.63. The number of anilines is 1. The summed E-state index contributed by atoms with van der Waals surface area (Å²) in [6.45, 7) is 1.54. The molecule has 2 N–H and O–H groups in total. The molecule has 0 saturated carbocycles. The molecule has 1 aromatic heterocycles. The molecule has 0 amide bonds. The summed E-state index contributed by atoms with van der Waals surface area (Å²) in [6.07, 6.45) is 0. The summed E-state index contributed by atoms with van der Waals surface area (Å²) in [7, 11) is 0. The lowest BCUT2D eigenvalue weighted by Gasteiger charge is -1.90. The third kappa shape index (κ3) is 3.22. The fourth-order valence-electron chi connectivity index (χ4n) is 1.30. The van der Waals surface area contributed by atoms with Gasteiger partial charge in [0.2, 0.25) is 0 Å². The molecule has 0 aliphatic carbocycles. The van der Waals surface area contributed by atoms with Gasteiger partial charge in [0.05, 0.1) is 16.0 Å². The maximum Gasteiger partial charge on any atom is 0.186 e. The van der Waals surface area contributed by atoms with Gasteiger partial charge in [-0.15, -0.1) is 0 Å². The molecule has 17 heavy (non-hydrogen) atoms. The zero-order valence-corrected chi connectivity index (χ0v) is 10.8. The van der Waals surface area contributed by atoms with Gasteiger partial charge in [-0.2, -0.15) is 0 Å². The third-order valence-corrected chi connectivity index (χ3v) is 3.55. The first-order valence-electron chi connectivity index (χ1n) is 4.93. The van der Waals surface area contributed by atoms with E-state index in [0.29, 0.717) is 10.9 Å². The Labute approximate surface area is 107 Å². The zero-order chi connectivity index (χ0) is 12.3. The van der Waals surface area contributed by atoms with E-state index in [2.05, 4.69) is 16.8 Å². The summed E-state index contributed by atoms with van der Waals surface area (Å²) in [4.78, 5) is 14.9. The molecular formula is C12H10N2OS2. The number of nitrogen functional groups attached to an aromatic ring is 1. The Morgan fingerprint density at radius 1 is 1.59 bits per heavy atom. The first kappa shape index (κ1) is 12.0. The molecule has 0 saturated heterocycles. The Bertz CT molecular complexity index is 622. The molecule has 2 aromatic rings. The predicted molar refractivity (Wildman–Crippen MR) is 74.0 cm³/mol. The highest BCUT2D eigenvalue weighted by Crippen LogP contribution is 2.24. The second-order valence-corrected chi connectivity index (χ2v) is 5.53. The second-order valence-electron chi connectivity index (χ2n) is 3.32. The van der Waals surface area contributed by atoms with E-state index in [4.69, 9.17) is 5.73 Å². The number of thiazole rings is 1. The van der Waals surface area contributed by atoms with Crippen molar-refractivity contribution in [3.63, 3.8) is 0 Å². The highest BCUT2D eigenvalue weighted by atomic mass is 32.2. The normalized spacial score (nSPS) is 9.94. The van der Waals surface area contributed by atoms with Crippen LogP contribution >= 0.6 is 23.1 Å². The summed E-state index contributed by atoms with van der Waals surface area (Å²) in [6, 6.07) is 5.81. The molecule has 0 aliphatic heterocycles. The molecule has 5 heteroatoms. The minimum atomic E-state index is 0.0852. The van der Waals surface area contributed by atoms with Gasteiger partial charge in [-0.25, -0.2) is 4.98 Å². The number of aromatic nitrogens is 1. The first-order valence-corrected chi connectivity index (χ1v) is 6.73. The van der Waals surface area contributed by atoms with Gasteiger partial charge >= 0.3 is 0 Å². The van der Waals surface area contributed by atoms with Crippen molar-refractivity contribution in [1.29, 1.82) is 0 Å². The van der Waals surface area contributed by atoms with Gasteiger partial charge in [-0.3, -0.25) is 4.79 Å². The van der Waals surface area contributed by atoms with E-state index in [1.165, 1.54) is 30.0 Å². The number of nitrogens with two attached hydrogens (primary N) is 1. The third-order valence-electron chi connectivity index (χ3n) is 1.98. The van der Waals surface area contributed by atoms with Crippen LogP contribution in [0.4, 0.5) is 5.13 Å². The molecule has 0 unspecified atom stereocenters. The SMILES string of the molecule is CC(=O)SCC#Cc1ccc2sc(N)nc2c1. The standard InChI is InChI=1S/C12H10N2OS2/c1-8(15)16-6-2-3-9-4-5-11-10(7-9)14-12(13)17-11/h4-5,7H,6H2,1H3,(H2,13,14). The molecule has 3 nitrogen and oxygen atoms in total. The smallest absolute Gasteiger partial charge is 0.186 e. The molecule has 0 aliphatic rings. The molecule has 0 atom stereocenters. The van der Waals surface area contributed by atoms with Crippen molar-refractivity contribution in [3.05, 3.63) is 23.8 Å². The molecular weight excluding hydrogens is 252 g/mol. The lowest BCUT2D eigenvalue weighted by molar-refractivity contribution is -0.109. The van der Waals surface area contributed by atoms with Crippen LogP contribution in [-0.4, -0.2) is 15.9 Å². The lowest BCUT2D eigenvalue weighted by Crippen LogP contribution is -1.82. The molecule has 1 aromatic carbocycles. The Morgan fingerprint density at radius 3 is 3.18 bits per heavy atom. The number of hydrogen-bond acceptors (Lipinski definition) is 5. The minimum absolute atomic E-state index is 0.0852. The fraction of sp³-hybridized carbons (Fsp3) is 0.167. The van der Waals surface area contributed by atoms with Gasteiger partial charge in [0.25, 0.3) is 0 Å². The first-order chi connectivity index (χ1) is 8.15. The molecule has 2 rings (SSSR count). The van der Waals surface area contributed by atoms with Crippen molar-refractivity contribution in [2.75, 3.05) is 11.5 Å². The number of carbonyl (C=O) groups is 1. The Kier molecular flexibility index (Phi) is 3.67. The number of carbonyl (C=O) groups excluding carboxylic acids is 1. The number of benzene rings is 1. The van der Waals surface area contributed by atoms with E-state index in [0.717, 1.165) is 15.8 Å². The molecule has 1 heterocycles. The summed E-state index contributed by atoms with van der Waals surface area (Å²) in [5.74, 6) is 6.46. The van der Waals surface area contributed by atoms with Gasteiger partial charge < -0.3 is 5.73 Å². The molecule has 0 bridgehead atoms. The highest BCUT2D eigenvalue weighted by Gasteiger charge is 2.00. The second kappa shape index (κ2) is 5.21. The van der Waals surface area contributed by atoms with Crippen LogP contribution in [0.1, 0.15) is 12.5 Å². The van der Waals surface area contributed by atoms with Crippen LogP contribution in [0.25, 0.3) is 10.2 Å². The van der Waals surface area contributed by atoms with E-state index in [1.807, 2.05) is 18.2 Å². The number of thioether (sulfide) groups is 1. The lowest BCUT2D eigenvalue weighted by atomic mass is 10.2. The van der Waals surface area contributed by atoms with Crippen molar-refractivity contribution in [2.24, 2.45) is 0 Å². The van der Waals surface area contributed by atoms with Crippen LogP contribution in [0, 0.1) is 11.8 Å². The van der Waals surface area contributed by atoms with Crippen LogP contribution in [0.15, 0.2) is 18.2 Å². The Morgan fingerprint density at radius 2 is 2.41 bits per heavy atom. The fourth-order valence-corrected chi connectivity index (χ4v) is 2.36. The van der Waals surface area contributed by atoms with Crippen LogP contribution < -0.4 is 5.73 Å². The van der Waals surface area contributed by atoms with Crippen molar-refractivity contribution < 1.29 is 4.79 Å². The maximum atomic E-state index is 10.7. The van der Waals surface area contributed by atoms with Gasteiger partial charge in [-0.1, -0.05) is 34.9 Å². The van der Waals surface area contributed by atoms with Crippen molar-refractivity contribution in [2.45, 2.75) is 6.92 Å². The van der Waals surface area contributed by atoms with Gasteiger partial charge in [0, 0.05) is 12.5 Å². The minimum Gasteiger partial charge on any atom is -0.375 e. The summed E-state index contributed by atoms with van der Waals surface area (Å²) >= 11 is 2.67. The molecule has 0 fully saturated rings. The van der Waals surface area contributed by atoms with Gasteiger partial charge in [-0.05, 0) is 18.2 Å². The van der Waals surface area contributed by atoms with Crippen LogP contribution in [-0.2, 0) is 4.79 Å².